The molecule has 114 valence electrons. The number of ether oxygens (including phenoxy) is 1. The fourth-order valence-corrected chi connectivity index (χ4v) is 3.69. The average molecular weight is 315 g/mol. The van der Waals surface area contributed by atoms with Gasteiger partial charge in [0.25, 0.3) is 0 Å². The predicted octanol–water partition coefficient (Wildman–Crippen LogP) is 3.51. The summed E-state index contributed by atoms with van der Waals surface area (Å²) in [5, 5.41) is -0.508. The van der Waals surface area contributed by atoms with Gasteiger partial charge in [0, 0.05) is 14.7 Å². The highest BCUT2D eigenvalue weighted by molar-refractivity contribution is 7.92. The van der Waals surface area contributed by atoms with Crippen LogP contribution in [0.1, 0.15) is 12.5 Å². The average Bonchev–Trinajstić information content (AvgIpc) is 2.33. The van der Waals surface area contributed by atoms with Gasteiger partial charge in [-0.3, -0.25) is 0 Å². The lowest BCUT2D eigenvalue weighted by Crippen LogP contribution is -2.26. The Morgan fingerprint density at radius 1 is 1.15 bits per heavy atom. The van der Waals surface area contributed by atoms with Gasteiger partial charge < -0.3 is 4.74 Å². The molecule has 0 saturated carbocycles. The van der Waals surface area contributed by atoms with E-state index in [2.05, 4.69) is 19.6 Å². The number of hydrogen-bond acceptors (Lipinski definition) is 3. The van der Waals surface area contributed by atoms with Crippen molar-refractivity contribution in [2.24, 2.45) is 0 Å². The SMILES string of the molecule is Cc1ccc(S(=O)(=O)C(C)COCC[Si](C)(C)C)cc1. The highest BCUT2D eigenvalue weighted by Crippen LogP contribution is 2.17. The van der Waals surface area contributed by atoms with Gasteiger partial charge in [0.2, 0.25) is 0 Å². The molecule has 1 aromatic rings. The largest absolute Gasteiger partial charge is 0.380 e. The standard InChI is InChI=1S/C15H26O3SSi/c1-13-6-8-15(9-7-13)19(16,17)14(2)12-18-10-11-20(3,4)5/h6-9,14H,10-12H2,1-5H3. The molecule has 1 atom stereocenters. The monoisotopic (exact) mass is 314 g/mol. The molecule has 3 nitrogen and oxygen atoms in total. The van der Waals surface area contributed by atoms with Gasteiger partial charge >= 0.3 is 0 Å². The van der Waals surface area contributed by atoms with Crippen LogP contribution in [0, 0.1) is 6.92 Å². The Bertz CT molecular complexity index is 515. The summed E-state index contributed by atoms with van der Waals surface area (Å²) in [5.74, 6) is 0. The zero-order valence-corrected chi connectivity index (χ0v) is 15.0. The molecule has 0 amide bonds. The summed E-state index contributed by atoms with van der Waals surface area (Å²) in [6.45, 7) is 11.4. The van der Waals surface area contributed by atoms with Crippen molar-refractivity contribution >= 4 is 17.9 Å². The summed E-state index contributed by atoms with van der Waals surface area (Å²) in [6, 6.07) is 8.05. The van der Waals surface area contributed by atoms with Gasteiger partial charge in [0.05, 0.1) is 16.8 Å². The number of rotatable bonds is 7. The molecular weight excluding hydrogens is 288 g/mol. The summed E-state index contributed by atoms with van der Waals surface area (Å²) < 4.78 is 30.3. The second-order valence-corrected chi connectivity index (χ2v) is 14.5. The Hall–Kier alpha value is -0.653. The zero-order valence-electron chi connectivity index (χ0n) is 13.1. The molecule has 0 bridgehead atoms. The van der Waals surface area contributed by atoms with E-state index in [9.17, 15) is 8.42 Å². The van der Waals surface area contributed by atoms with Crippen molar-refractivity contribution in [3.8, 4) is 0 Å². The first kappa shape index (κ1) is 17.4. The van der Waals surface area contributed by atoms with Crippen molar-refractivity contribution in [3.05, 3.63) is 29.8 Å². The first-order chi connectivity index (χ1) is 9.13. The molecule has 0 spiro atoms. The van der Waals surface area contributed by atoms with Crippen molar-refractivity contribution in [1.82, 2.24) is 0 Å². The van der Waals surface area contributed by atoms with Crippen LogP contribution in [0.25, 0.3) is 0 Å². The molecule has 0 aromatic heterocycles. The topological polar surface area (TPSA) is 43.4 Å². The van der Waals surface area contributed by atoms with Crippen LogP contribution in [0.5, 0.6) is 0 Å². The molecular formula is C15H26O3SSi. The van der Waals surface area contributed by atoms with E-state index in [1.54, 1.807) is 19.1 Å². The van der Waals surface area contributed by atoms with Crippen molar-refractivity contribution < 1.29 is 13.2 Å². The van der Waals surface area contributed by atoms with Crippen LogP contribution in [0.3, 0.4) is 0 Å². The smallest absolute Gasteiger partial charge is 0.183 e. The van der Waals surface area contributed by atoms with Crippen molar-refractivity contribution in [3.63, 3.8) is 0 Å². The molecule has 20 heavy (non-hydrogen) atoms. The number of sulfone groups is 1. The lowest BCUT2D eigenvalue weighted by Gasteiger charge is -2.17. The third kappa shape index (κ3) is 5.38. The van der Waals surface area contributed by atoms with E-state index in [1.807, 2.05) is 19.1 Å². The molecule has 0 saturated heterocycles. The first-order valence-corrected chi connectivity index (χ1v) is 12.3. The van der Waals surface area contributed by atoms with Crippen molar-refractivity contribution in [2.45, 2.75) is 49.7 Å². The molecule has 0 aliphatic carbocycles. The highest BCUT2D eigenvalue weighted by atomic mass is 32.2. The molecule has 1 unspecified atom stereocenters. The van der Waals surface area contributed by atoms with E-state index >= 15 is 0 Å². The van der Waals surface area contributed by atoms with Gasteiger partial charge in [-0.2, -0.15) is 0 Å². The lowest BCUT2D eigenvalue weighted by molar-refractivity contribution is 0.149. The minimum atomic E-state index is -3.29. The fourth-order valence-electron chi connectivity index (χ4n) is 1.68. The molecule has 0 aliphatic heterocycles. The van der Waals surface area contributed by atoms with Gasteiger partial charge in [-0.25, -0.2) is 8.42 Å². The van der Waals surface area contributed by atoms with E-state index in [0.29, 0.717) is 11.5 Å². The Labute approximate surface area is 124 Å². The van der Waals surface area contributed by atoms with Crippen molar-refractivity contribution in [1.29, 1.82) is 0 Å². The summed E-state index contributed by atoms with van der Waals surface area (Å²) in [5.41, 5.74) is 1.06. The summed E-state index contributed by atoms with van der Waals surface area (Å²) >= 11 is 0. The molecule has 1 aromatic carbocycles. The van der Waals surface area contributed by atoms with E-state index in [-0.39, 0.29) is 6.61 Å². The van der Waals surface area contributed by atoms with E-state index in [4.69, 9.17) is 4.74 Å². The third-order valence-corrected chi connectivity index (χ3v) is 7.06. The minimum Gasteiger partial charge on any atom is -0.380 e. The third-order valence-electron chi connectivity index (χ3n) is 3.23. The van der Waals surface area contributed by atoms with Crippen LogP contribution in [0.15, 0.2) is 29.2 Å². The maximum atomic E-state index is 12.4. The van der Waals surface area contributed by atoms with Gasteiger partial charge in [-0.05, 0) is 32.0 Å². The fraction of sp³-hybridized carbons (Fsp3) is 0.600. The molecule has 0 fully saturated rings. The molecule has 1 rings (SSSR count). The van der Waals surface area contributed by atoms with Gasteiger partial charge in [0.1, 0.15) is 0 Å². The first-order valence-electron chi connectivity index (χ1n) is 7.01. The number of hydrogen-bond donors (Lipinski definition) is 0. The summed E-state index contributed by atoms with van der Waals surface area (Å²) in [7, 11) is -4.41. The second kappa shape index (κ2) is 6.87. The number of aryl methyl sites for hydroxylation is 1. The Morgan fingerprint density at radius 3 is 2.20 bits per heavy atom. The van der Waals surface area contributed by atoms with Crippen molar-refractivity contribution in [2.75, 3.05) is 13.2 Å². The van der Waals surface area contributed by atoms with Crippen LogP contribution >= 0.6 is 0 Å². The summed E-state index contributed by atoms with van der Waals surface area (Å²) in [4.78, 5) is 0.379. The Morgan fingerprint density at radius 2 is 1.70 bits per heavy atom. The minimum absolute atomic E-state index is 0.265. The molecule has 0 aliphatic rings. The Kier molecular flexibility index (Phi) is 5.98. The van der Waals surface area contributed by atoms with Gasteiger partial charge in [0.15, 0.2) is 9.84 Å². The predicted molar refractivity (Wildman–Crippen MR) is 86.8 cm³/mol. The van der Waals surface area contributed by atoms with Gasteiger partial charge in [-0.15, -0.1) is 0 Å². The normalized spacial score (nSPS) is 14.2. The number of benzene rings is 1. The van der Waals surface area contributed by atoms with E-state index in [1.165, 1.54) is 0 Å². The molecule has 5 heteroatoms. The van der Waals surface area contributed by atoms with Crippen LogP contribution in [0.2, 0.25) is 25.7 Å². The molecule has 0 radical (unpaired) electrons. The van der Waals surface area contributed by atoms with Crippen LogP contribution in [0.4, 0.5) is 0 Å². The summed E-state index contributed by atoms with van der Waals surface area (Å²) in [6.07, 6.45) is 0. The molecule has 0 heterocycles. The Balaban J connectivity index is 2.57. The lowest BCUT2D eigenvalue weighted by atomic mass is 10.2. The maximum Gasteiger partial charge on any atom is 0.183 e. The van der Waals surface area contributed by atoms with Crippen LogP contribution in [-0.2, 0) is 14.6 Å². The quantitative estimate of drug-likeness (QED) is 0.571. The second-order valence-electron chi connectivity index (χ2n) is 6.55. The highest BCUT2D eigenvalue weighted by Gasteiger charge is 2.23. The van der Waals surface area contributed by atoms with Gasteiger partial charge in [-0.1, -0.05) is 37.3 Å². The maximum absolute atomic E-state index is 12.4. The van der Waals surface area contributed by atoms with Crippen LogP contribution in [-0.4, -0.2) is 35.0 Å². The van der Waals surface area contributed by atoms with E-state index in [0.717, 1.165) is 11.6 Å². The molecule has 0 N–H and O–H groups in total. The van der Waals surface area contributed by atoms with E-state index < -0.39 is 23.2 Å². The van der Waals surface area contributed by atoms with Crippen LogP contribution < -0.4 is 0 Å². The zero-order chi connectivity index (χ0) is 15.4.